The van der Waals surface area contributed by atoms with Gasteiger partial charge in [0.1, 0.15) is 0 Å². The van der Waals surface area contributed by atoms with E-state index in [-0.39, 0.29) is 6.04 Å². The Hall–Kier alpha value is -1.20. The lowest BCUT2D eigenvalue weighted by Gasteiger charge is -2.11. The van der Waals surface area contributed by atoms with Crippen LogP contribution < -0.4 is 5.73 Å². The van der Waals surface area contributed by atoms with E-state index in [1.165, 1.54) is 0 Å². The molecule has 0 aliphatic heterocycles. The Morgan fingerprint density at radius 1 is 1.47 bits per heavy atom. The number of hydrogen-bond acceptors (Lipinski definition) is 3. The molecule has 0 amide bonds. The van der Waals surface area contributed by atoms with Gasteiger partial charge < -0.3 is 5.73 Å². The number of pyridine rings is 1. The van der Waals surface area contributed by atoms with Gasteiger partial charge in [0.05, 0.1) is 28.1 Å². The van der Waals surface area contributed by atoms with Gasteiger partial charge in [0.2, 0.25) is 0 Å². The number of rotatable bonds is 2. The van der Waals surface area contributed by atoms with Crippen molar-refractivity contribution in [3.05, 3.63) is 46.5 Å². The minimum absolute atomic E-state index is 0.256. The Bertz CT molecular complexity index is 432. The quantitative estimate of drug-likeness (QED) is 0.899. The van der Waals surface area contributed by atoms with Crippen molar-refractivity contribution in [3.63, 3.8) is 0 Å². The van der Waals surface area contributed by atoms with Crippen LogP contribution in [-0.2, 0) is 7.05 Å². The van der Waals surface area contributed by atoms with E-state index in [0.29, 0.717) is 0 Å². The highest BCUT2D eigenvalue weighted by Gasteiger charge is 2.17. The Balaban J connectivity index is 2.41. The Labute approximate surface area is 96.3 Å². The number of hydrogen-bond donors (Lipinski definition) is 1. The lowest BCUT2D eigenvalue weighted by molar-refractivity contribution is 0.662. The molecule has 0 saturated carbocycles. The lowest BCUT2D eigenvalue weighted by atomic mass is 10.1. The number of nitrogens with zero attached hydrogens (tertiary/aromatic N) is 3. The zero-order valence-corrected chi connectivity index (χ0v) is 9.85. The van der Waals surface area contributed by atoms with Gasteiger partial charge in [-0.05, 0) is 28.1 Å². The van der Waals surface area contributed by atoms with Crippen LogP contribution >= 0.6 is 15.9 Å². The molecule has 0 saturated heterocycles. The lowest BCUT2D eigenvalue weighted by Crippen LogP contribution is -2.17. The van der Waals surface area contributed by atoms with Gasteiger partial charge in [-0.2, -0.15) is 5.10 Å². The summed E-state index contributed by atoms with van der Waals surface area (Å²) >= 11 is 3.42. The summed E-state index contributed by atoms with van der Waals surface area (Å²) in [6.45, 7) is 0. The molecule has 0 bridgehead atoms. The average Bonchev–Trinajstić information content (AvgIpc) is 2.59. The van der Waals surface area contributed by atoms with Crippen molar-refractivity contribution < 1.29 is 0 Å². The maximum absolute atomic E-state index is 6.11. The fraction of sp³-hybridized carbons (Fsp3) is 0.200. The Morgan fingerprint density at radius 2 is 2.27 bits per heavy atom. The Morgan fingerprint density at radius 3 is 2.80 bits per heavy atom. The molecule has 2 aromatic heterocycles. The first-order valence-electron chi connectivity index (χ1n) is 4.54. The second-order valence-corrected chi connectivity index (χ2v) is 4.09. The van der Waals surface area contributed by atoms with E-state index >= 15 is 0 Å². The van der Waals surface area contributed by atoms with E-state index in [9.17, 15) is 0 Å². The largest absolute Gasteiger partial charge is 0.318 e. The van der Waals surface area contributed by atoms with Crippen molar-refractivity contribution in [1.29, 1.82) is 0 Å². The van der Waals surface area contributed by atoms with Crippen LogP contribution in [0, 0.1) is 0 Å². The molecule has 0 radical (unpaired) electrons. The zero-order chi connectivity index (χ0) is 10.8. The summed E-state index contributed by atoms with van der Waals surface area (Å²) in [6, 6.07) is 5.44. The number of nitrogens with two attached hydrogens (primary N) is 1. The second kappa shape index (κ2) is 4.12. The summed E-state index contributed by atoms with van der Waals surface area (Å²) in [7, 11) is 1.86. The van der Waals surface area contributed by atoms with Crippen LogP contribution in [0.4, 0.5) is 0 Å². The molecule has 0 aliphatic carbocycles. The SMILES string of the molecule is Cn1ncc(Br)c1C(N)c1ccccn1. The van der Waals surface area contributed by atoms with E-state index in [1.807, 2.05) is 25.2 Å². The van der Waals surface area contributed by atoms with Gasteiger partial charge in [0, 0.05) is 13.2 Å². The minimum Gasteiger partial charge on any atom is -0.318 e. The molecule has 2 rings (SSSR count). The maximum Gasteiger partial charge on any atom is 0.0908 e. The number of aromatic nitrogens is 3. The zero-order valence-electron chi connectivity index (χ0n) is 8.26. The molecule has 1 atom stereocenters. The van der Waals surface area contributed by atoms with Crippen LogP contribution in [0.5, 0.6) is 0 Å². The number of halogens is 1. The molecule has 5 heteroatoms. The van der Waals surface area contributed by atoms with Crippen molar-refractivity contribution in [1.82, 2.24) is 14.8 Å². The van der Waals surface area contributed by atoms with Crippen LogP contribution in [0.15, 0.2) is 35.1 Å². The smallest absolute Gasteiger partial charge is 0.0908 e. The Kier molecular flexibility index (Phi) is 2.83. The maximum atomic E-state index is 6.11. The first-order chi connectivity index (χ1) is 7.20. The monoisotopic (exact) mass is 266 g/mol. The molecular weight excluding hydrogens is 256 g/mol. The van der Waals surface area contributed by atoms with E-state index in [1.54, 1.807) is 17.1 Å². The summed E-state index contributed by atoms with van der Waals surface area (Å²) in [5.74, 6) is 0. The molecular formula is C10H11BrN4. The highest BCUT2D eigenvalue weighted by atomic mass is 79.9. The van der Waals surface area contributed by atoms with E-state index < -0.39 is 0 Å². The van der Waals surface area contributed by atoms with Crippen LogP contribution in [0.1, 0.15) is 17.4 Å². The summed E-state index contributed by atoms with van der Waals surface area (Å²) in [5.41, 5.74) is 7.87. The summed E-state index contributed by atoms with van der Waals surface area (Å²) in [4.78, 5) is 4.23. The molecule has 2 N–H and O–H groups in total. The predicted octanol–water partition coefficient (Wildman–Crippen LogP) is 1.63. The minimum atomic E-state index is -0.256. The average molecular weight is 267 g/mol. The summed E-state index contributed by atoms with van der Waals surface area (Å²) < 4.78 is 2.66. The normalized spacial score (nSPS) is 12.7. The fourth-order valence-corrected chi connectivity index (χ4v) is 2.06. The molecule has 2 aromatic rings. The molecule has 0 aliphatic rings. The van der Waals surface area contributed by atoms with Crippen molar-refractivity contribution in [2.45, 2.75) is 6.04 Å². The first-order valence-corrected chi connectivity index (χ1v) is 5.33. The molecule has 1 unspecified atom stereocenters. The van der Waals surface area contributed by atoms with Gasteiger partial charge in [0.15, 0.2) is 0 Å². The van der Waals surface area contributed by atoms with Gasteiger partial charge in [-0.15, -0.1) is 0 Å². The van der Waals surface area contributed by atoms with Crippen molar-refractivity contribution in [3.8, 4) is 0 Å². The molecule has 0 aromatic carbocycles. The van der Waals surface area contributed by atoms with Gasteiger partial charge in [-0.25, -0.2) is 0 Å². The van der Waals surface area contributed by atoms with Crippen molar-refractivity contribution >= 4 is 15.9 Å². The van der Waals surface area contributed by atoms with Crippen molar-refractivity contribution in [2.75, 3.05) is 0 Å². The van der Waals surface area contributed by atoms with Gasteiger partial charge in [-0.3, -0.25) is 9.67 Å². The number of aryl methyl sites for hydroxylation is 1. The third kappa shape index (κ3) is 1.93. The van der Waals surface area contributed by atoms with Crippen LogP contribution in [-0.4, -0.2) is 14.8 Å². The fourth-order valence-electron chi connectivity index (χ4n) is 1.47. The molecule has 78 valence electrons. The van der Waals surface area contributed by atoms with Crippen molar-refractivity contribution in [2.24, 2.45) is 12.8 Å². The van der Waals surface area contributed by atoms with Crippen LogP contribution in [0.3, 0.4) is 0 Å². The molecule has 4 nitrogen and oxygen atoms in total. The third-order valence-corrected chi connectivity index (χ3v) is 2.85. The molecule has 15 heavy (non-hydrogen) atoms. The van der Waals surface area contributed by atoms with Crippen LogP contribution in [0.2, 0.25) is 0 Å². The van der Waals surface area contributed by atoms with Gasteiger partial charge in [-0.1, -0.05) is 6.07 Å². The highest BCUT2D eigenvalue weighted by molar-refractivity contribution is 9.10. The predicted molar refractivity (Wildman–Crippen MR) is 61.2 cm³/mol. The first kappa shape index (κ1) is 10.3. The van der Waals surface area contributed by atoms with Gasteiger partial charge in [0.25, 0.3) is 0 Å². The van der Waals surface area contributed by atoms with Crippen LogP contribution in [0.25, 0.3) is 0 Å². The standard InChI is InChI=1S/C10H11BrN4/c1-15-10(7(11)6-14-15)9(12)8-4-2-3-5-13-8/h2-6,9H,12H2,1H3. The summed E-state index contributed by atoms with van der Waals surface area (Å²) in [5, 5.41) is 4.12. The topological polar surface area (TPSA) is 56.7 Å². The summed E-state index contributed by atoms with van der Waals surface area (Å²) in [6.07, 6.45) is 3.47. The second-order valence-electron chi connectivity index (χ2n) is 3.23. The van der Waals surface area contributed by atoms with E-state index in [4.69, 9.17) is 5.73 Å². The molecule has 0 spiro atoms. The molecule has 0 fully saturated rings. The third-order valence-electron chi connectivity index (χ3n) is 2.24. The molecule has 2 heterocycles. The van der Waals surface area contributed by atoms with E-state index in [2.05, 4.69) is 26.0 Å². The van der Waals surface area contributed by atoms with E-state index in [0.717, 1.165) is 15.9 Å². The highest BCUT2D eigenvalue weighted by Crippen LogP contribution is 2.24. The van der Waals surface area contributed by atoms with Gasteiger partial charge >= 0.3 is 0 Å².